The highest BCUT2D eigenvalue weighted by atomic mass is 16.6. The maximum absolute atomic E-state index is 12.7. The average Bonchev–Trinajstić information content (AvgIpc) is 3.20. The molecule has 0 saturated carbocycles. The molecule has 3 rings (SSSR count). The molecule has 1 heterocycles. The minimum atomic E-state index is -0.480. The topological polar surface area (TPSA) is 84.7 Å². The molecular weight excluding hydrogens is 334 g/mol. The summed E-state index contributed by atoms with van der Waals surface area (Å²) >= 11 is 0. The molecule has 0 aromatic heterocycles. The van der Waals surface area contributed by atoms with Gasteiger partial charge < -0.3 is 15.0 Å². The lowest BCUT2D eigenvalue weighted by atomic mass is 10.1. The zero-order valence-electron chi connectivity index (χ0n) is 14.6. The average molecular weight is 355 g/mol. The van der Waals surface area contributed by atoms with Crippen LogP contribution in [0.4, 0.5) is 11.4 Å². The number of benzene rings is 2. The van der Waals surface area contributed by atoms with Gasteiger partial charge in [-0.05, 0) is 36.6 Å². The van der Waals surface area contributed by atoms with Crippen molar-refractivity contribution in [2.45, 2.75) is 19.4 Å². The van der Waals surface area contributed by atoms with E-state index in [0.29, 0.717) is 17.9 Å². The SMILES string of the molecule is COc1cccc(CNC(=O)c2cc([N+](=O)[O-])ccc2N2CCCC2)c1. The summed E-state index contributed by atoms with van der Waals surface area (Å²) in [6.07, 6.45) is 2.11. The molecule has 26 heavy (non-hydrogen) atoms. The van der Waals surface area contributed by atoms with Crippen LogP contribution < -0.4 is 15.0 Å². The quantitative estimate of drug-likeness (QED) is 0.636. The zero-order valence-corrected chi connectivity index (χ0v) is 14.6. The van der Waals surface area contributed by atoms with Crippen LogP contribution in [0, 0.1) is 10.1 Å². The molecule has 1 N–H and O–H groups in total. The van der Waals surface area contributed by atoms with Gasteiger partial charge in [-0.3, -0.25) is 14.9 Å². The molecule has 0 bridgehead atoms. The summed E-state index contributed by atoms with van der Waals surface area (Å²) in [5.74, 6) is 0.392. The molecule has 0 unspecified atom stereocenters. The number of non-ortho nitro benzene ring substituents is 1. The zero-order chi connectivity index (χ0) is 18.5. The van der Waals surface area contributed by atoms with Gasteiger partial charge in [-0.25, -0.2) is 0 Å². The van der Waals surface area contributed by atoms with E-state index in [9.17, 15) is 14.9 Å². The van der Waals surface area contributed by atoms with Crippen LogP contribution in [0.5, 0.6) is 5.75 Å². The number of nitrogens with zero attached hydrogens (tertiary/aromatic N) is 2. The van der Waals surface area contributed by atoms with Gasteiger partial charge in [0.25, 0.3) is 11.6 Å². The Balaban J connectivity index is 1.81. The Bertz CT molecular complexity index is 816. The summed E-state index contributed by atoms with van der Waals surface area (Å²) in [7, 11) is 1.59. The Labute approximate surface area is 151 Å². The molecule has 0 radical (unpaired) electrons. The number of carbonyl (C=O) groups is 1. The summed E-state index contributed by atoms with van der Waals surface area (Å²) in [6.45, 7) is 2.03. The van der Waals surface area contributed by atoms with Gasteiger partial charge in [0.15, 0.2) is 0 Å². The summed E-state index contributed by atoms with van der Waals surface area (Å²) in [5.41, 5.74) is 1.89. The van der Waals surface area contributed by atoms with E-state index < -0.39 is 4.92 Å². The molecule has 0 aliphatic carbocycles. The minimum Gasteiger partial charge on any atom is -0.497 e. The maximum Gasteiger partial charge on any atom is 0.270 e. The van der Waals surface area contributed by atoms with Crippen molar-refractivity contribution in [3.05, 3.63) is 63.7 Å². The van der Waals surface area contributed by atoms with E-state index in [1.807, 2.05) is 24.3 Å². The number of rotatable bonds is 6. The third-order valence-electron chi connectivity index (χ3n) is 4.47. The molecule has 0 atom stereocenters. The lowest BCUT2D eigenvalue weighted by Crippen LogP contribution is -2.27. The monoisotopic (exact) mass is 355 g/mol. The minimum absolute atomic E-state index is 0.0838. The number of hydrogen-bond donors (Lipinski definition) is 1. The van der Waals surface area contributed by atoms with Crippen LogP contribution in [-0.4, -0.2) is 31.0 Å². The van der Waals surface area contributed by atoms with Crippen LogP contribution in [0.2, 0.25) is 0 Å². The Morgan fingerprint density at radius 2 is 2.00 bits per heavy atom. The smallest absolute Gasteiger partial charge is 0.270 e. The summed E-state index contributed by atoms with van der Waals surface area (Å²) in [6, 6.07) is 11.9. The number of ether oxygens (including phenoxy) is 1. The number of anilines is 1. The molecule has 1 aliphatic heterocycles. The predicted molar refractivity (Wildman–Crippen MR) is 98.7 cm³/mol. The van der Waals surface area contributed by atoms with Crippen LogP contribution in [-0.2, 0) is 6.54 Å². The van der Waals surface area contributed by atoms with E-state index in [2.05, 4.69) is 10.2 Å². The molecule has 2 aromatic rings. The number of nitro groups is 1. The third-order valence-corrected chi connectivity index (χ3v) is 4.47. The lowest BCUT2D eigenvalue weighted by Gasteiger charge is -2.21. The fraction of sp³-hybridized carbons (Fsp3) is 0.316. The van der Waals surface area contributed by atoms with Gasteiger partial charge in [0.1, 0.15) is 5.75 Å². The van der Waals surface area contributed by atoms with Gasteiger partial charge in [0.2, 0.25) is 0 Å². The standard InChI is InChI=1S/C19H21N3O4/c1-26-16-6-4-5-14(11-16)13-20-19(23)17-12-15(22(24)25)7-8-18(17)21-9-2-3-10-21/h4-8,11-12H,2-3,9-10,13H2,1H3,(H,20,23). The molecule has 136 valence electrons. The lowest BCUT2D eigenvalue weighted by molar-refractivity contribution is -0.384. The normalized spacial score (nSPS) is 13.5. The number of hydrogen-bond acceptors (Lipinski definition) is 5. The first-order valence-electron chi connectivity index (χ1n) is 8.53. The van der Waals surface area contributed by atoms with E-state index in [0.717, 1.165) is 37.2 Å². The van der Waals surface area contributed by atoms with Crippen molar-refractivity contribution in [1.29, 1.82) is 0 Å². The van der Waals surface area contributed by atoms with Crippen LogP contribution >= 0.6 is 0 Å². The summed E-state index contributed by atoms with van der Waals surface area (Å²) in [5, 5.41) is 14.0. The number of nitro benzene ring substituents is 1. The van der Waals surface area contributed by atoms with E-state index >= 15 is 0 Å². The highest BCUT2D eigenvalue weighted by Gasteiger charge is 2.22. The Kier molecular flexibility index (Phi) is 5.36. The van der Waals surface area contributed by atoms with Crippen LogP contribution in [0.1, 0.15) is 28.8 Å². The van der Waals surface area contributed by atoms with Gasteiger partial charge in [0, 0.05) is 31.8 Å². The molecule has 1 aliphatic rings. The van der Waals surface area contributed by atoms with Crippen molar-refractivity contribution in [2.75, 3.05) is 25.1 Å². The van der Waals surface area contributed by atoms with E-state index in [1.165, 1.54) is 12.1 Å². The highest BCUT2D eigenvalue weighted by molar-refractivity contribution is 6.00. The molecule has 7 nitrogen and oxygen atoms in total. The fourth-order valence-corrected chi connectivity index (χ4v) is 3.11. The van der Waals surface area contributed by atoms with Crippen LogP contribution in [0.15, 0.2) is 42.5 Å². The van der Waals surface area contributed by atoms with Crippen molar-refractivity contribution in [2.24, 2.45) is 0 Å². The van der Waals surface area contributed by atoms with Crippen LogP contribution in [0.25, 0.3) is 0 Å². The van der Waals surface area contributed by atoms with Crippen LogP contribution in [0.3, 0.4) is 0 Å². The number of carbonyl (C=O) groups excluding carboxylic acids is 1. The molecule has 0 spiro atoms. The predicted octanol–water partition coefficient (Wildman–Crippen LogP) is 3.13. The Morgan fingerprint density at radius 3 is 2.69 bits per heavy atom. The number of nitrogens with one attached hydrogen (secondary N) is 1. The first kappa shape index (κ1) is 17.7. The van der Waals surface area contributed by atoms with Gasteiger partial charge >= 0.3 is 0 Å². The van der Waals surface area contributed by atoms with Crippen molar-refractivity contribution in [3.63, 3.8) is 0 Å². The fourth-order valence-electron chi connectivity index (χ4n) is 3.11. The van der Waals surface area contributed by atoms with Gasteiger partial charge in [-0.1, -0.05) is 12.1 Å². The van der Waals surface area contributed by atoms with Crippen molar-refractivity contribution < 1.29 is 14.5 Å². The number of methoxy groups -OCH3 is 1. The molecule has 1 fully saturated rings. The largest absolute Gasteiger partial charge is 0.497 e. The Morgan fingerprint density at radius 1 is 1.23 bits per heavy atom. The van der Waals surface area contributed by atoms with Gasteiger partial charge in [-0.2, -0.15) is 0 Å². The summed E-state index contributed by atoms with van der Waals surface area (Å²) < 4.78 is 5.18. The van der Waals surface area contributed by atoms with E-state index in [1.54, 1.807) is 13.2 Å². The second-order valence-electron chi connectivity index (χ2n) is 6.19. The molecular formula is C19H21N3O4. The van der Waals surface area contributed by atoms with Gasteiger partial charge in [0.05, 0.1) is 23.3 Å². The molecule has 1 amide bonds. The van der Waals surface area contributed by atoms with Crippen molar-refractivity contribution >= 4 is 17.3 Å². The number of amides is 1. The molecule has 7 heteroatoms. The second-order valence-corrected chi connectivity index (χ2v) is 6.19. The third kappa shape index (κ3) is 3.93. The molecule has 2 aromatic carbocycles. The maximum atomic E-state index is 12.7. The molecule has 1 saturated heterocycles. The van der Waals surface area contributed by atoms with E-state index in [4.69, 9.17) is 4.74 Å². The summed E-state index contributed by atoms with van der Waals surface area (Å²) in [4.78, 5) is 25.5. The van der Waals surface area contributed by atoms with Crippen molar-refractivity contribution in [3.8, 4) is 5.75 Å². The van der Waals surface area contributed by atoms with E-state index in [-0.39, 0.29) is 11.6 Å². The Hall–Kier alpha value is -3.09. The first-order chi connectivity index (χ1) is 12.6. The first-order valence-corrected chi connectivity index (χ1v) is 8.53. The second kappa shape index (κ2) is 7.86. The highest BCUT2D eigenvalue weighted by Crippen LogP contribution is 2.28. The van der Waals surface area contributed by atoms with Gasteiger partial charge in [-0.15, -0.1) is 0 Å². The van der Waals surface area contributed by atoms with Crippen molar-refractivity contribution in [1.82, 2.24) is 5.32 Å².